The summed E-state index contributed by atoms with van der Waals surface area (Å²) in [5.74, 6) is -0.0778. The van der Waals surface area contributed by atoms with E-state index < -0.39 is 11.5 Å². The largest absolute Gasteiger partial charge is 0.479 e. The molecule has 0 aliphatic carbocycles. The van der Waals surface area contributed by atoms with Crippen molar-refractivity contribution in [1.29, 1.82) is 0 Å². The minimum Gasteiger partial charge on any atom is -0.479 e. The average Bonchev–Trinajstić information content (AvgIpc) is 2.97. The molecule has 1 saturated heterocycles. The summed E-state index contributed by atoms with van der Waals surface area (Å²) < 4.78 is 1.84. The SMILES string of the molecule is CC(C)n1cccc1C(=O)NC1(C(=O)O)CCSC1. The van der Waals surface area contributed by atoms with Crippen LogP contribution in [-0.2, 0) is 4.79 Å². The Hall–Kier alpha value is -1.43. The first-order valence-electron chi connectivity index (χ1n) is 6.27. The second-order valence-electron chi connectivity index (χ2n) is 5.04. The van der Waals surface area contributed by atoms with Gasteiger partial charge in [0.25, 0.3) is 5.91 Å². The molecular weight excluding hydrogens is 264 g/mol. The van der Waals surface area contributed by atoms with Crippen molar-refractivity contribution in [3.63, 3.8) is 0 Å². The van der Waals surface area contributed by atoms with Crippen LogP contribution in [0.4, 0.5) is 0 Å². The fraction of sp³-hybridized carbons (Fsp3) is 0.538. The fourth-order valence-corrected chi connectivity index (χ4v) is 3.53. The number of nitrogens with zero attached hydrogens (tertiary/aromatic N) is 1. The second-order valence-corrected chi connectivity index (χ2v) is 6.14. The summed E-state index contributed by atoms with van der Waals surface area (Å²) >= 11 is 1.56. The van der Waals surface area contributed by atoms with Gasteiger partial charge in [-0.05, 0) is 38.2 Å². The van der Waals surface area contributed by atoms with E-state index in [-0.39, 0.29) is 11.9 Å². The van der Waals surface area contributed by atoms with Crippen molar-refractivity contribution in [2.75, 3.05) is 11.5 Å². The molecule has 1 atom stereocenters. The Morgan fingerprint density at radius 2 is 2.26 bits per heavy atom. The number of rotatable bonds is 4. The number of amides is 1. The molecule has 6 heteroatoms. The first-order chi connectivity index (χ1) is 8.96. The quantitative estimate of drug-likeness (QED) is 0.882. The first-order valence-corrected chi connectivity index (χ1v) is 7.42. The zero-order valence-electron chi connectivity index (χ0n) is 11.0. The molecule has 1 aromatic rings. The van der Waals surface area contributed by atoms with Crippen molar-refractivity contribution in [3.05, 3.63) is 24.0 Å². The van der Waals surface area contributed by atoms with Crippen LogP contribution in [0.3, 0.4) is 0 Å². The summed E-state index contributed by atoms with van der Waals surface area (Å²) in [4.78, 5) is 23.7. The minimum atomic E-state index is -1.12. The van der Waals surface area contributed by atoms with Crippen LogP contribution in [0.2, 0.25) is 0 Å². The normalized spacial score (nSPS) is 22.7. The zero-order valence-corrected chi connectivity index (χ0v) is 11.9. The van der Waals surface area contributed by atoms with Crippen LogP contribution in [0.5, 0.6) is 0 Å². The van der Waals surface area contributed by atoms with Crippen LogP contribution in [0, 0.1) is 0 Å². The molecule has 0 spiro atoms. The number of aromatic nitrogens is 1. The molecular formula is C13H18N2O3S. The third kappa shape index (κ3) is 2.63. The van der Waals surface area contributed by atoms with Crippen molar-refractivity contribution < 1.29 is 14.7 Å². The highest BCUT2D eigenvalue weighted by Gasteiger charge is 2.43. The van der Waals surface area contributed by atoms with E-state index in [1.165, 1.54) is 0 Å². The van der Waals surface area contributed by atoms with Crippen molar-refractivity contribution >= 4 is 23.6 Å². The summed E-state index contributed by atoms with van der Waals surface area (Å²) in [6.45, 7) is 3.96. The predicted molar refractivity (Wildman–Crippen MR) is 74.6 cm³/mol. The molecule has 2 N–H and O–H groups in total. The molecule has 104 valence electrons. The smallest absolute Gasteiger partial charge is 0.330 e. The topological polar surface area (TPSA) is 71.3 Å². The highest BCUT2D eigenvalue weighted by molar-refractivity contribution is 7.99. The van der Waals surface area contributed by atoms with Crippen LogP contribution >= 0.6 is 11.8 Å². The Morgan fingerprint density at radius 1 is 1.53 bits per heavy atom. The standard InChI is InChI=1S/C13H18N2O3S/c1-9(2)15-6-3-4-10(15)11(16)14-13(12(17)18)5-7-19-8-13/h3-4,6,9H,5,7-8H2,1-2H3,(H,14,16)(H,17,18). The molecule has 0 bridgehead atoms. The summed E-state index contributed by atoms with van der Waals surface area (Å²) in [6.07, 6.45) is 2.30. The molecule has 1 aromatic heterocycles. The van der Waals surface area contributed by atoms with Gasteiger partial charge in [0.15, 0.2) is 0 Å². The molecule has 0 saturated carbocycles. The van der Waals surface area contributed by atoms with Crippen molar-refractivity contribution in [2.24, 2.45) is 0 Å². The van der Waals surface area contributed by atoms with Gasteiger partial charge in [-0.15, -0.1) is 0 Å². The Labute approximate surface area is 116 Å². The van der Waals surface area contributed by atoms with Gasteiger partial charge in [-0.2, -0.15) is 11.8 Å². The highest BCUT2D eigenvalue weighted by atomic mass is 32.2. The van der Waals surface area contributed by atoms with Crippen LogP contribution in [-0.4, -0.2) is 38.6 Å². The molecule has 5 nitrogen and oxygen atoms in total. The molecule has 2 rings (SSSR count). The van der Waals surface area contributed by atoms with E-state index in [1.54, 1.807) is 23.9 Å². The summed E-state index contributed by atoms with van der Waals surface area (Å²) in [7, 11) is 0. The molecule has 0 aromatic carbocycles. The van der Waals surface area contributed by atoms with Crippen molar-refractivity contribution in [1.82, 2.24) is 9.88 Å². The molecule has 1 fully saturated rings. The maximum atomic E-state index is 12.3. The Balaban J connectivity index is 2.20. The lowest BCUT2D eigenvalue weighted by Crippen LogP contribution is -2.55. The fourth-order valence-electron chi connectivity index (χ4n) is 2.20. The molecule has 1 aliphatic heterocycles. The van der Waals surface area contributed by atoms with E-state index in [0.717, 1.165) is 5.75 Å². The number of carbonyl (C=O) groups is 2. The lowest BCUT2D eigenvalue weighted by molar-refractivity contribution is -0.143. The second kappa shape index (κ2) is 5.28. The Morgan fingerprint density at radius 3 is 2.79 bits per heavy atom. The third-order valence-corrected chi connectivity index (χ3v) is 4.54. The van der Waals surface area contributed by atoms with Crippen LogP contribution in [0.25, 0.3) is 0 Å². The minimum absolute atomic E-state index is 0.162. The third-order valence-electron chi connectivity index (χ3n) is 3.35. The average molecular weight is 282 g/mol. The maximum absolute atomic E-state index is 12.3. The first kappa shape index (κ1) is 14.0. The van der Waals surface area contributed by atoms with Gasteiger partial charge < -0.3 is 15.0 Å². The van der Waals surface area contributed by atoms with Crippen LogP contribution < -0.4 is 5.32 Å². The zero-order chi connectivity index (χ0) is 14.0. The van der Waals surface area contributed by atoms with Gasteiger partial charge in [0.2, 0.25) is 0 Å². The number of thioether (sulfide) groups is 1. The number of carboxylic acids is 1. The van der Waals surface area contributed by atoms with Crippen molar-refractivity contribution in [2.45, 2.75) is 31.8 Å². The van der Waals surface area contributed by atoms with Crippen LogP contribution in [0.15, 0.2) is 18.3 Å². The van der Waals surface area contributed by atoms with E-state index in [0.29, 0.717) is 17.9 Å². The number of hydrogen-bond donors (Lipinski definition) is 2. The lowest BCUT2D eigenvalue weighted by atomic mass is 9.99. The van der Waals surface area contributed by atoms with Gasteiger partial charge in [0.05, 0.1) is 0 Å². The Bertz CT molecular complexity index is 490. The summed E-state index contributed by atoms with van der Waals surface area (Å²) in [6, 6.07) is 3.67. The van der Waals surface area contributed by atoms with E-state index in [1.807, 2.05) is 24.6 Å². The van der Waals surface area contributed by atoms with E-state index in [4.69, 9.17) is 0 Å². The number of hydrogen-bond acceptors (Lipinski definition) is 3. The predicted octanol–water partition coefficient (Wildman–Crippen LogP) is 1.76. The van der Waals surface area contributed by atoms with Gasteiger partial charge >= 0.3 is 5.97 Å². The van der Waals surface area contributed by atoms with Gasteiger partial charge in [-0.25, -0.2) is 4.79 Å². The number of carboxylic acid groups (broad SMARTS) is 1. The highest BCUT2D eigenvalue weighted by Crippen LogP contribution is 2.28. The Kier molecular flexibility index (Phi) is 3.89. The lowest BCUT2D eigenvalue weighted by Gasteiger charge is -2.25. The number of nitrogens with one attached hydrogen (secondary N) is 1. The molecule has 1 amide bonds. The van der Waals surface area contributed by atoms with E-state index in [9.17, 15) is 14.7 Å². The molecule has 1 aliphatic rings. The monoisotopic (exact) mass is 282 g/mol. The van der Waals surface area contributed by atoms with E-state index in [2.05, 4.69) is 5.32 Å². The van der Waals surface area contributed by atoms with Crippen molar-refractivity contribution in [3.8, 4) is 0 Å². The number of carbonyl (C=O) groups excluding carboxylic acids is 1. The summed E-state index contributed by atoms with van der Waals surface area (Å²) in [5, 5.41) is 12.1. The number of aliphatic carboxylic acids is 1. The molecule has 0 radical (unpaired) electrons. The van der Waals surface area contributed by atoms with Gasteiger partial charge in [0.1, 0.15) is 11.2 Å². The molecule has 2 heterocycles. The molecule has 19 heavy (non-hydrogen) atoms. The van der Waals surface area contributed by atoms with E-state index >= 15 is 0 Å². The van der Waals surface area contributed by atoms with Gasteiger partial charge in [-0.1, -0.05) is 0 Å². The van der Waals surface area contributed by atoms with Gasteiger partial charge in [0, 0.05) is 18.0 Å². The molecule has 1 unspecified atom stereocenters. The maximum Gasteiger partial charge on any atom is 0.330 e. The summed E-state index contributed by atoms with van der Waals surface area (Å²) in [5.41, 5.74) is -0.610. The van der Waals surface area contributed by atoms with Gasteiger partial charge in [-0.3, -0.25) is 4.79 Å². The van der Waals surface area contributed by atoms with Crippen LogP contribution in [0.1, 0.15) is 36.8 Å².